The van der Waals surface area contributed by atoms with E-state index in [0.29, 0.717) is 19.5 Å². The molecule has 2 aromatic carbocycles. The quantitative estimate of drug-likeness (QED) is 0.103. The lowest BCUT2D eigenvalue weighted by molar-refractivity contribution is 0.381. The molecule has 6 rings (SSSR count). The SMILES string of the molecule is Fc1c(F)c(F)c(-c2ccc(-c3cc4sc(-c5ccc(-c6c(F)c(F)c(F)c(F)c6F)s5)cc4s3)s2)c(F)c1F. The van der Waals surface area contributed by atoms with E-state index in [1.807, 2.05) is 0 Å². The third-order valence-corrected chi connectivity index (χ3v) is 10.7. The Morgan fingerprint density at radius 2 is 0.575 bits per heavy atom. The summed E-state index contributed by atoms with van der Waals surface area (Å²) in [5, 5.41) is 0. The number of thiophene rings is 4. The van der Waals surface area contributed by atoms with Crippen LogP contribution < -0.4 is 0 Å². The lowest BCUT2D eigenvalue weighted by Crippen LogP contribution is -2.03. The highest BCUT2D eigenvalue weighted by atomic mass is 32.1. The average molecular weight is 637 g/mol. The molecular formula is C26H6F10S4. The van der Waals surface area contributed by atoms with Crippen molar-refractivity contribution in [2.45, 2.75) is 0 Å². The van der Waals surface area contributed by atoms with E-state index >= 15 is 0 Å². The minimum absolute atomic E-state index is 0.153. The van der Waals surface area contributed by atoms with E-state index in [4.69, 9.17) is 0 Å². The van der Waals surface area contributed by atoms with E-state index < -0.39 is 69.3 Å². The zero-order valence-electron chi connectivity index (χ0n) is 18.9. The zero-order chi connectivity index (χ0) is 28.6. The molecule has 0 radical (unpaired) electrons. The van der Waals surface area contributed by atoms with Crippen LogP contribution in [0.25, 0.3) is 49.8 Å². The molecule has 0 saturated carbocycles. The van der Waals surface area contributed by atoms with Gasteiger partial charge in [-0.1, -0.05) is 0 Å². The Bertz CT molecular complexity index is 1750. The lowest BCUT2D eigenvalue weighted by Gasteiger charge is -2.06. The largest absolute Gasteiger partial charge is 0.203 e. The molecule has 0 nitrogen and oxygen atoms in total. The predicted octanol–water partition coefficient (Wildman–Crippen LogP) is 11.1. The monoisotopic (exact) mass is 636 g/mol. The first-order chi connectivity index (χ1) is 19.0. The molecule has 0 atom stereocenters. The average Bonchev–Trinajstić information content (AvgIpc) is 3.72. The van der Waals surface area contributed by atoms with Crippen molar-refractivity contribution >= 4 is 54.7 Å². The molecule has 204 valence electrons. The molecule has 0 amide bonds. The summed E-state index contributed by atoms with van der Waals surface area (Å²) in [4.78, 5) is 2.03. The number of hydrogen-bond donors (Lipinski definition) is 0. The molecule has 0 saturated heterocycles. The Hall–Kier alpha value is -3.20. The Morgan fingerprint density at radius 1 is 0.300 bits per heavy atom. The van der Waals surface area contributed by atoms with E-state index in [1.165, 1.54) is 46.9 Å². The number of fused-ring (bicyclic) bond motifs is 1. The number of hydrogen-bond acceptors (Lipinski definition) is 4. The van der Waals surface area contributed by atoms with Gasteiger partial charge in [0.15, 0.2) is 46.5 Å². The predicted molar refractivity (Wildman–Crippen MR) is 137 cm³/mol. The van der Waals surface area contributed by atoms with Crippen molar-refractivity contribution in [2.75, 3.05) is 0 Å². The van der Waals surface area contributed by atoms with Crippen molar-refractivity contribution in [3.8, 4) is 40.4 Å². The van der Waals surface area contributed by atoms with Gasteiger partial charge >= 0.3 is 0 Å². The highest BCUT2D eigenvalue weighted by molar-refractivity contribution is 7.33. The minimum Gasteiger partial charge on any atom is -0.203 e. The molecule has 0 N–H and O–H groups in total. The fourth-order valence-electron chi connectivity index (χ4n) is 3.93. The number of halogens is 10. The summed E-state index contributed by atoms with van der Waals surface area (Å²) in [5.74, 6) is -20.3. The summed E-state index contributed by atoms with van der Waals surface area (Å²) in [5.41, 5.74) is -2.04. The van der Waals surface area contributed by atoms with Crippen LogP contribution in [0.2, 0.25) is 0 Å². The highest BCUT2D eigenvalue weighted by Crippen LogP contribution is 2.47. The second-order valence-electron chi connectivity index (χ2n) is 8.17. The van der Waals surface area contributed by atoms with Gasteiger partial charge in [-0.25, -0.2) is 43.9 Å². The highest BCUT2D eigenvalue weighted by Gasteiger charge is 2.29. The van der Waals surface area contributed by atoms with Gasteiger partial charge in [0.25, 0.3) is 0 Å². The maximum Gasteiger partial charge on any atom is 0.200 e. The van der Waals surface area contributed by atoms with Crippen molar-refractivity contribution in [2.24, 2.45) is 0 Å². The fourth-order valence-corrected chi connectivity index (χ4v) is 8.57. The number of rotatable bonds is 4. The first kappa shape index (κ1) is 27.0. The summed E-state index contributed by atoms with van der Waals surface area (Å²) >= 11 is 4.23. The van der Waals surface area contributed by atoms with Gasteiger partial charge in [-0.05, 0) is 36.4 Å². The normalized spacial score (nSPS) is 11.8. The Kier molecular flexibility index (Phi) is 6.56. The van der Waals surface area contributed by atoms with E-state index in [0.717, 1.165) is 32.1 Å². The number of benzene rings is 2. The van der Waals surface area contributed by atoms with Crippen molar-refractivity contribution in [1.29, 1.82) is 0 Å². The fraction of sp³-hybridized carbons (Fsp3) is 0. The molecule has 4 aromatic heterocycles. The van der Waals surface area contributed by atoms with Gasteiger partial charge in [0.05, 0.1) is 11.1 Å². The van der Waals surface area contributed by atoms with Gasteiger partial charge < -0.3 is 0 Å². The molecule has 0 aliphatic carbocycles. The molecule has 0 unspecified atom stereocenters. The molecule has 14 heteroatoms. The smallest absolute Gasteiger partial charge is 0.200 e. The Balaban J connectivity index is 1.32. The van der Waals surface area contributed by atoms with Crippen LogP contribution >= 0.6 is 45.3 Å². The maximum absolute atomic E-state index is 14.2. The van der Waals surface area contributed by atoms with Crippen LogP contribution in [-0.4, -0.2) is 0 Å². The first-order valence-corrected chi connectivity index (χ1v) is 14.0. The molecule has 4 heterocycles. The third kappa shape index (κ3) is 4.07. The minimum atomic E-state index is -2.24. The molecule has 40 heavy (non-hydrogen) atoms. The van der Waals surface area contributed by atoms with Crippen LogP contribution in [0.15, 0.2) is 36.4 Å². The van der Waals surface area contributed by atoms with Crippen LogP contribution in [0.5, 0.6) is 0 Å². The second-order valence-corrected chi connectivity index (χ2v) is 12.5. The summed E-state index contributed by atoms with van der Waals surface area (Å²) < 4.78 is 140. The Labute approximate surface area is 233 Å². The third-order valence-electron chi connectivity index (χ3n) is 5.82. The van der Waals surface area contributed by atoms with Crippen molar-refractivity contribution in [3.63, 3.8) is 0 Å². The topological polar surface area (TPSA) is 0 Å². The van der Waals surface area contributed by atoms with Crippen molar-refractivity contribution < 1.29 is 43.9 Å². The zero-order valence-corrected chi connectivity index (χ0v) is 22.1. The summed E-state index contributed by atoms with van der Waals surface area (Å²) in [7, 11) is 0. The van der Waals surface area contributed by atoms with Gasteiger partial charge in [-0.3, -0.25) is 0 Å². The standard InChI is InChI=1S/C26H6F10S4/c27-17-15(18(28)22(32)25(35)21(17)31)9-3-1-7(37-9)11-5-13-14(39-11)6-12(40-13)8-2-4-10(38-8)16-19(29)23(33)26(36)24(34)20(16)30/h1-6H. The van der Waals surface area contributed by atoms with Crippen LogP contribution in [-0.2, 0) is 0 Å². The molecule has 0 fully saturated rings. The van der Waals surface area contributed by atoms with Gasteiger partial charge in [0.1, 0.15) is 0 Å². The molecule has 0 spiro atoms. The van der Waals surface area contributed by atoms with E-state index in [9.17, 15) is 43.9 Å². The maximum atomic E-state index is 14.2. The van der Waals surface area contributed by atoms with Gasteiger partial charge in [-0.15, -0.1) is 45.3 Å². The van der Waals surface area contributed by atoms with Crippen molar-refractivity contribution in [1.82, 2.24) is 0 Å². The Morgan fingerprint density at radius 3 is 0.900 bits per heavy atom. The molecule has 0 aliphatic heterocycles. The van der Waals surface area contributed by atoms with E-state index in [1.54, 1.807) is 12.1 Å². The van der Waals surface area contributed by atoms with Gasteiger partial charge in [-0.2, -0.15) is 0 Å². The molecule has 0 aliphatic rings. The van der Waals surface area contributed by atoms with Gasteiger partial charge in [0, 0.05) is 38.7 Å². The van der Waals surface area contributed by atoms with Crippen LogP contribution in [0, 0.1) is 58.2 Å². The molecular weight excluding hydrogens is 631 g/mol. The molecule has 0 bridgehead atoms. The first-order valence-electron chi connectivity index (χ1n) is 10.7. The summed E-state index contributed by atoms with van der Waals surface area (Å²) in [6.45, 7) is 0. The van der Waals surface area contributed by atoms with E-state index in [2.05, 4.69) is 0 Å². The van der Waals surface area contributed by atoms with Gasteiger partial charge in [0.2, 0.25) is 11.6 Å². The van der Waals surface area contributed by atoms with Crippen molar-refractivity contribution in [3.05, 3.63) is 94.6 Å². The van der Waals surface area contributed by atoms with Crippen LogP contribution in [0.3, 0.4) is 0 Å². The lowest BCUT2D eigenvalue weighted by atomic mass is 10.1. The second kappa shape index (κ2) is 9.72. The van der Waals surface area contributed by atoms with Crippen LogP contribution in [0.1, 0.15) is 0 Å². The molecule has 6 aromatic rings. The van der Waals surface area contributed by atoms with E-state index in [-0.39, 0.29) is 9.75 Å². The summed E-state index contributed by atoms with van der Waals surface area (Å²) in [6.07, 6.45) is 0. The summed E-state index contributed by atoms with van der Waals surface area (Å²) in [6, 6.07) is 8.99. The van der Waals surface area contributed by atoms with Crippen LogP contribution in [0.4, 0.5) is 43.9 Å².